The first-order valence-corrected chi connectivity index (χ1v) is 52.7. The number of carbonyl (C=O) groups is 6. The van der Waals surface area contributed by atoms with Crippen molar-refractivity contribution in [3.8, 4) is 17.2 Å². The Balaban J connectivity index is 0. The summed E-state index contributed by atoms with van der Waals surface area (Å²) in [7, 11) is -15.3. The van der Waals surface area contributed by atoms with Crippen LogP contribution in [0.4, 0.5) is 39.5 Å². The molecule has 0 spiro atoms. The lowest BCUT2D eigenvalue weighted by atomic mass is 9.79. The molecule has 4 aliphatic carbocycles. The first-order valence-electron chi connectivity index (χ1n) is 46.5. The lowest BCUT2D eigenvalue weighted by molar-refractivity contribution is -0.260. The summed E-state index contributed by atoms with van der Waals surface area (Å²) in [5.74, 6) is -0.227. The molecule has 11 N–H and O–H groups in total. The minimum Gasteiger partial charge on any atom is -0.508 e. The zero-order valence-corrected chi connectivity index (χ0v) is 88.3. The fourth-order valence-electron chi connectivity index (χ4n) is 13.2. The van der Waals surface area contributed by atoms with Crippen molar-refractivity contribution in [3.05, 3.63) is 89.5 Å². The van der Waals surface area contributed by atoms with Gasteiger partial charge in [0.15, 0.2) is 24.7 Å². The van der Waals surface area contributed by atoms with Gasteiger partial charge >= 0.3 is 74.0 Å². The molecule has 138 heavy (non-hydrogen) atoms. The average Bonchev–Trinajstić information content (AvgIpc) is 1.62. The number of aliphatic hydroxyl groups is 2. The number of fused-ring (bicyclic) bond motifs is 4. The lowest BCUT2D eigenvalue weighted by Crippen LogP contribution is -2.45. The summed E-state index contributed by atoms with van der Waals surface area (Å²) >= 11 is 0. The molecule has 4 fully saturated rings. The minimum atomic E-state index is -5.47. The quantitative estimate of drug-likeness (QED) is 0.00842. The number of phenolic OH excluding ortho intramolecular Hbond substituents is 3. The highest BCUT2D eigenvalue weighted by molar-refractivity contribution is 7.90. The van der Waals surface area contributed by atoms with E-state index in [1.165, 1.54) is 32.0 Å². The van der Waals surface area contributed by atoms with Gasteiger partial charge in [0.2, 0.25) is 20.0 Å². The molecular weight excluding hydrogens is 1910 g/mol. The SMILES string of the molecule is CCC(C)(C)C(=O)OC1CC2CC1CC2CC(C)(O)C(F)(F)F.CCC(C)(C)C(=O)OCCS(=O)(=O)NC.CCC(C)(C)C(=O)OCCS(N)(=O)=O.CCC(C)(C)C(=O)OCNS(=O)(=O)C(F)(F)F.CCC(C)(C)C(=O)OCNS(=O)(=O)O.CCC(C)C(=O)OC1CC2CC1CC2CC(C)(O)C(F)(F)F.CCC(C)c1ccc(O)cc1.CCC(C)c1cccc(O)c1.CCC(C)c1ccccc1O. The molecule has 4 saturated carbocycles. The summed E-state index contributed by atoms with van der Waals surface area (Å²) in [6, 6.07) is 22.4. The smallest absolute Gasteiger partial charge is 0.508 e. The van der Waals surface area contributed by atoms with Crippen molar-refractivity contribution in [1.82, 2.24) is 14.2 Å². The number of phenols is 3. The third-order valence-electron chi connectivity index (χ3n) is 26.0. The number of halogens is 9. The topological polar surface area (TPSA) is 478 Å². The van der Waals surface area contributed by atoms with Crippen molar-refractivity contribution < 1.29 is 160 Å². The van der Waals surface area contributed by atoms with Crippen LogP contribution >= 0.6 is 0 Å². The fourth-order valence-corrected chi connectivity index (χ4v) is 14.6. The summed E-state index contributed by atoms with van der Waals surface area (Å²) < 4.78 is 240. The second-order valence-corrected chi connectivity index (χ2v) is 45.8. The van der Waals surface area contributed by atoms with Gasteiger partial charge in [-0.25, -0.2) is 35.1 Å². The molecule has 14 atom stereocenters. The molecule has 43 heteroatoms. The number of primary sulfonamides is 1. The normalized spacial score (nSPS) is 19.9. The van der Waals surface area contributed by atoms with E-state index in [-0.39, 0.29) is 109 Å². The highest BCUT2D eigenvalue weighted by Gasteiger charge is 2.58. The van der Waals surface area contributed by atoms with Crippen LogP contribution in [0.25, 0.3) is 0 Å². The third-order valence-corrected chi connectivity index (χ3v) is 29.7. The number of para-hydroxylation sites is 1. The summed E-state index contributed by atoms with van der Waals surface area (Å²) in [4.78, 5) is 69.3. The molecule has 0 heterocycles. The van der Waals surface area contributed by atoms with Crippen LogP contribution in [-0.4, -0.2) is 186 Å². The van der Waals surface area contributed by atoms with Gasteiger partial charge in [0, 0.05) is 0 Å². The molecule has 802 valence electrons. The van der Waals surface area contributed by atoms with Crippen LogP contribution in [-0.2, 0) is 97.6 Å². The molecule has 30 nitrogen and oxygen atoms in total. The molecular formula is C95H159F9N4O26S4. The van der Waals surface area contributed by atoms with Crippen LogP contribution in [0, 0.1) is 68.5 Å². The van der Waals surface area contributed by atoms with Gasteiger partial charge in [-0.3, -0.25) is 33.3 Å². The molecule has 0 radical (unpaired) electrons. The number of alkyl halides is 9. The number of nitrogens with two attached hydrogens (primary N) is 1. The Morgan fingerprint density at radius 2 is 0.804 bits per heavy atom. The first-order chi connectivity index (χ1) is 62.7. The average molecular weight is 2070 g/mol. The number of aromatic hydroxyl groups is 3. The molecule has 3 aromatic rings. The Bertz CT molecular complexity index is 4610. The summed E-state index contributed by atoms with van der Waals surface area (Å²) in [6.45, 7) is 42.8. The highest BCUT2D eigenvalue weighted by atomic mass is 32.2. The van der Waals surface area contributed by atoms with E-state index in [1.54, 1.807) is 77.5 Å². The van der Waals surface area contributed by atoms with E-state index in [0.717, 1.165) is 62.7 Å². The maximum absolute atomic E-state index is 12.8. The second-order valence-electron chi connectivity index (χ2n) is 39.0. The Morgan fingerprint density at radius 3 is 1.14 bits per heavy atom. The van der Waals surface area contributed by atoms with Gasteiger partial charge in [-0.2, -0.15) is 57.4 Å². The van der Waals surface area contributed by atoms with Gasteiger partial charge in [0.1, 0.15) is 42.7 Å². The van der Waals surface area contributed by atoms with Crippen LogP contribution in [0.2, 0.25) is 0 Å². The van der Waals surface area contributed by atoms with Gasteiger partial charge < -0.3 is 54.0 Å². The Labute approximate surface area is 813 Å². The monoisotopic (exact) mass is 2070 g/mol. The number of esters is 6. The number of benzene rings is 3. The fraction of sp³-hybridized carbons (Fsp3) is 0.747. The van der Waals surface area contributed by atoms with Crippen LogP contribution in [0.3, 0.4) is 0 Å². The van der Waals surface area contributed by atoms with E-state index in [4.69, 9.17) is 38.9 Å². The van der Waals surface area contributed by atoms with E-state index in [2.05, 4.69) is 55.7 Å². The lowest BCUT2D eigenvalue weighted by Gasteiger charge is -2.35. The Kier molecular flexibility index (Phi) is 55.7. The Hall–Kier alpha value is -7.23. The number of hydrogen-bond donors (Lipinski definition) is 10. The summed E-state index contributed by atoms with van der Waals surface area (Å²) in [5, 5.41) is 51.6. The van der Waals surface area contributed by atoms with E-state index < -0.39 is 128 Å². The predicted molar refractivity (Wildman–Crippen MR) is 509 cm³/mol. The maximum Gasteiger partial charge on any atom is 0.511 e. The number of hydrogen-bond acceptors (Lipinski definition) is 25. The second kappa shape index (κ2) is 57.9. The van der Waals surface area contributed by atoms with E-state index >= 15 is 0 Å². The Morgan fingerprint density at radius 1 is 0.435 bits per heavy atom. The number of rotatable bonds is 37. The third kappa shape index (κ3) is 48.2. The molecule has 0 aromatic heterocycles. The highest BCUT2D eigenvalue weighted by Crippen LogP contribution is 2.55. The van der Waals surface area contributed by atoms with Gasteiger partial charge in [0.25, 0.3) is 0 Å². The molecule has 4 bridgehead atoms. The number of sulfonamides is 3. The standard InChI is InChI=1S/C17H27F3O3.C16H25F3O3.3C10H14O.C9H19NO4S.C8H14F3NO4S.C8H17NO4S.C7H15NO5S/c1-5-15(2,3)14(21)23-13-8-10-6-11(13)7-12(10)9-16(4,22)17(18,19)20;1-4-9(2)14(20)22-13-7-10-5-11(13)6-12(10)8-15(3,21)16(17,18)19;1-3-8(2)9-4-6-10(11)7-5-9;1-3-8(2)9-5-4-6-10(11)7-9;1-3-8(2)9-6-4-5-7-10(9)11;1-5-9(2,3)8(11)14-6-7-15(12,13)10-4;1-4-7(2,3)6(13)16-5-12-17(14,15)8(9,10)11;1-4-8(2,3)7(10)13-5-6-14(9,11)12;1-4-7(2,3)6(9)13-5-8-14(10,11)12/h10-13,22H,5-9H2,1-4H3;9-13,21H,4-8H2,1-3H3;3*4-8,11H,3H2,1-2H3;10H,5-7H2,1-4H3;12H,4-5H2,1-3H3;4-6H2,1-3H3,(H2,9,11,12);8H,4-5H2,1-3H3,(H,10,11,12). The zero-order valence-electron chi connectivity index (χ0n) is 85.1. The number of ether oxygens (including phenoxy) is 6. The van der Waals surface area contributed by atoms with Crippen molar-refractivity contribution in [1.29, 1.82) is 0 Å². The molecule has 14 unspecified atom stereocenters. The van der Waals surface area contributed by atoms with Crippen LogP contribution in [0.15, 0.2) is 72.8 Å². The largest absolute Gasteiger partial charge is 0.511 e. The minimum absolute atomic E-state index is 0.106. The van der Waals surface area contributed by atoms with Gasteiger partial charge in [-0.05, 0) is 300 Å². The van der Waals surface area contributed by atoms with Gasteiger partial charge in [-0.1, -0.05) is 132 Å². The van der Waals surface area contributed by atoms with Crippen molar-refractivity contribution in [3.63, 3.8) is 0 Å². The maximum atomic E-state index is 12.8. The van der Waals surface area contributed by atoms with Gasteiger partial charge in [-0.15, -0.1) is 0 Å². The van der Waals surface area contributed by atoms with Gasteiger partial charge in [0.05, 0.1) is 44.5 Å². The molecule has 4 aliphatic rings. The van der Waals surface area contributed by atoms with Crippen molar-refractivity contribution >= 4 is 76.2 Å². The number of carbonyl (C=O) groups excluding carboxylic acids is 6. The predicted octanol–water partition coefficient (Wildman–Crippen LogP) is 18.9. The van der Waals surface area contributed by atoms with Crippen LogP contribution in [0.1, 0.15) is 317 Å². The molecule has 0 amide bonds. The van der Waals surface area contributed by atoms with Crippen molar-refractivity contribution in [2.45, 2.75) is 341 Å². The van der Waals surface area contributed by atoms with E-state index in [1.807, 2.05) is 104 Å². The first kappa shape index (κ1) is 133. The van der Waals surface area contributed by atoms with Crippen molar-refractivity contribution in [2.24, 2.45) is 73.6 Å². The summed E-state index contributed by atoms with van der Waals surface area (Å²) in [6.07, 6.45) is 1.01. The van der Waals surface area contributed by atoms with Crippen molar-refractivity contribution in [2.75, 3.05) is 45.2 Å². The summed E-state index contributed by atoms with van der Waals surface area (Å²) in [5.41, 5.74) is -10.3. The molecule has 7 rings (SSSR count). The molecule has 3 aromatic carbocycles. The van der Waals surface area contributed by atoms with Crippen LogP contribution < -0.4 is 19.3 Å². The number of nitrogens with one attached hydrogen (secondary N) is 3. The van der Waals surface area contributed by atoms with E-state index in [0.29, 0.717) is 92.8 Å². The zero-order chi connectivity index (χ0) is 108. The van der Waals surface area contributed by atoms with E-state index in [9.17, 15) is 117 Å². The molecule has 0 aliphatic heterocycles. The molecule has 0 saturated heterocycles. The van der Waals surface area contributed by atoms with Crippen LogP contribution in [0.5, 0.6) is 17.2 Å².